The van der Waals surface area contributed by atoms with Gasteiger partial charge in [-0.2, -0.15) is 5.26 Å². The van der Waals surface area contributed by atoms with Gasteiger partial charge in [0, 0.05) is 13.2 Å². The lowest BCUT2D eigenvalue weighted by Crippen LogP contribution is -2.39. The van der Waals surface area contributed by atoms with E-state index in [0.29, 0.717) is 18.8 Å². The molecule has 1 rings (SSSR count). The number of nitrogens with zero attached hydrogens (tertiary/aromatic N) is 1. The van der Waals surface area contributed by atoms with Crippen LogP contribution in [0.25, 0.3) is 0 Å². The summed E-state index contributed by atoms with van der Waals surface area (Å²) in [5.74, 6) is 0. The molecule has 0 heterocycles. The molecule has 0 radical (unpaired) electrons. The van der Waals surface area contributed by atoms with E-state index < -0.39 is 0 Å². The van der Waals surface area contributed by atoms with Crippen molar-refractivity contribution in [2.24, 2.45) is 0 Å². The van der Waals surface area contributed by atoms with Crippen LogP contribution in [0.2, 0.25) is 0 Å². The van der Waals surface area contributed by atoms with Crippen LogP contribution in [-0.4, -0.2) is 38.0 Å². The van der Waals surface area contributed by atoms with E-state index in [4.69, 9.17) is 14.7 Å². The first kappa shape index (κ1) is 14.4. The lowest BCUT2D eigenvalue weighted by Gasteiger charge is -2.29. The molecule has 4 heteroatoms. The third-order valence-electron chi connectivity index (χ3n) is 3.10. The average Bonchev–Trinajstić information content (AvgIpc) is 2.34. The highest BCUT2D eigenvalue weighted by molar-refractivity contribution is 4.91. The van der Waals surface area contributed by atoms with Crippen LogP contribution < -0.4 is 5.32 Å². The summed E-state index contributed by atoms with van der Waals surface area (Å²) in [6, 6.07) is 2.33. The van der Waals surface area contributed by atoms with E-state index in [1.165, 1.54) is 0 Å². The van der Waals surface area contributed by atoms with Crippen molar-refractivity contribution in [3.05, 3.63) is 0 Å². The highest BCUT2D eigenvalue weighted by Crippen LogP contribution is 2.23. The fraction of sp³-hybridized carbons (Fsp3) is 0.923. The molecule has 17 heavy (non-hydrogen) atoms. The van der Waals surface area contributed by atoms with Gasteiger partial charge in [-0.15, -0.1) is 0 Å². The summed E-state index contributed by atoms with van der Waals surface area (Å²) in [7, 11) is 1.76. The molecule has 0 bridgehead atoms. The maximum Gasteiger partial charge on any atom is 0.119 e. The van der Waals surface area contributed by atoms with Crippen molar-refractivity contribution in [3.63, 3.8) is 0 Å². The maximum atomic E-state index is 8.99. The van der Waals surface area contributed by atoms with Crippen molar-refractivity contribution >= 4 is 0 Å². The molecule has 0 aromatic rings. The van der Waals surface area contributed by atoms with Gasteiger partial charge in [-0.1, -0.05) is 0 Å². The monoisotopic (exact) mass is 240 g/mol. The molecule has 0 saturated heterocycles. The van der Waals surface area contributed by atoms with Crippen molar-refractivity contribution in [2.45, 2.75) is 63.8 Å². The number of methoxy groups -OCH3 is 1. The molecule has 0 aliphatic heterocycles. The fourth-order valence-corrected chi connectivity index (χ4v) is 2.22. The quantitative estimate of drug-likeness (QED) is 0.770. The van der Waals surface area contributed by atoms with Crippen molar-refractivity contribution in [1.82, 2.24) is 5.32 Å². The van der Waals surface area contributed by atoms with E-state index in [1.54, 1.807) is 7.11 Å². The Morgan fingerprint density at radius 3 is 2.65 bits per heavy atom. The van der Waals surface area contributed by atoms with Crippen molar-refractivity contribution in [2.75, 3.05) is 13.7 Å². The number of ether oxygens (including phenoxy) is 2. The topological polar surface area (TPSA) is 54.3 Å². The zero-order chi connectivity index (χ0) is 12.7. The summed E-state index contributed by atoms with van der Waals surface area (Å²) in [6.07, 6.45) is 4.89. The molecule has 1 fully saturated rings. The van der Waals surface area contributed by atoms with Gasteiger partial charge in [-0.3, -0.25) is 5.32 Å². The predicted octanol–water partition coefficient (Wildman–Crippen LogP) is 1.85. The molecular weight excluding hydrogens is 216 g/mol. The van der Waals surface area contributed by atoms with Crippen LogP contribution in [0.1, 0.15) is 39.5 Å². The Hall–Kier alpha value is -0.630. The van der Waals surface area contributed by atoms with Crippen LogP contribution in [0.3, 0.4) is 0 Å². The van der Waals surface area contributed by atoms with Gasteiger partial charge in [0.25, 0.3) is 0 Å². The van der Waals surface area contributed by atoms with Crippen molar-refractivity contribution in [3.8, 4) is 6.07 Å². The second kappa shape index (κ2) is 7.65. The molecule has 3 unspecified atom stereocenters. The minimum absolute atomic E-state index is 0.210. The molecule has 98 valence electrons. The highest BCUT2D eigenvalue weighted by Gasteiger charge is 2.23. The Balaban J connectivity index is 2.26. The molecule has 3 atom stereocenters. The first-order chi connectivity index (χ1) is 8.15. The molecular formula is C13H24N2O2. The van der Waals surface area contributed by atoms with E-state index in [1.807, 2.05) is 13.8 Å². The van der Waals surface area contributed by atoms with Gasteiger partial charge >= 0.3 is 0 Å². The number of nitrogens with one attached hydrogen (secondary N) is 1. The Labute approximate surface area is 104 Å². The molecule has 0 amide bonds. The summed E-state index contributed by atoms with van der Waals surface area (Å²) in [6.45, 7) is 4.54. The van der Waals surface area contributed by atoms with Crippen LogP contribution in [-0.2, 0) is 9.47 Å². The average molecular weight is 240 g/mol. The molecule has 1 aliphatic carbocycles. The minimum Gasteiger partial charge on any atom is -0.381 e. The smallest absolute Gasteiger partial charge is 0.119 e. The van der Waals surface area contributed by atoms with Gasteiger partial charge in [0.05, 0.1) is 24.9 Å². The summed E-state index contributed by atoms with van der Waals surface area (Å²) < 4.78 is 11.2. The van der Waals surface area contributed by atoms with Gasteiger partial charge in [-0.25, -0.2) is 0 Å². The largest absolute Gasteiger partial charge is 0.381 e. The van der Waals surface area contributed by atoms with E-state index in [9.17, 15) is 0 Å². The van der Waals surface area contributed by atoms with Crippen LogP contribution in [0.15, 0.2) is 0 Å². The Kier molecular flexibility index (Phi) is 6.49. The van der Waals surface area contributed by atoms with Gasteiger partial charge in [0.2, 0.25) is 0 Å². The van der Waals surface area contributed by atoms with Crippen LogP contribution >= 0.6 is 0 Å². The molecule has 1 aliphatic rings. The van der Waals surface area contributed by atoms with Gasteiger partial charge < -0.3 is 9.47 Å². The van der Waals surface area contributed by atoms with Crippen molar-refractivity contribution < 1.29 is 9.47 Å². The van der Waals surface area contributed by atoms with E-state index in [0.717, 1.165) is 25.7 Å². The Bertz CT molecular complexity index is 250. The third-order valence-corrected chi connectivity index (χ3v) is 3.10. The number of rotatable bonds is 6. The van der Waals surface area contributed by atoms with Crippen LogP contribution in [0.5, 0.6) is 0 Å². The predicted molar refractivity (Wildman–Crippen MR) is 66.7 cm³/mol. The Morgan fingerprint density at radius 1 is 1.35 bits per heavy atom. The SMILES string of the molecule is COC1CCCC(OCC(C#N)NC(C)C)C1. The highest BCUT2D eigenvalue weighted by atomic mass is 16.5. The zero-order valence-electron chi connectivity index (χ0n) is 11.1. The standard InChI is InChI=1S/C13H24N2O2/c1-10(2)15-11(8-14)9-17-13-6-4-5-12(7-13)16-3/h10-13,15H,4-7,9H2,1-3H3. The molecule has 1 saturated carbocycles. The van der Waals surface area contributed by atoms with Gasteiger partial charge in [0.1, 0.15) is 6.04 Å². The van der Waals surface area contributed by atoms with Gasteiger partial charge in [-0.05, 0) is 39.5 Å². The lowest BCUT2D eigenvalue weighted by atomic mass is 9.95. The van der Waals surface area contributed by atoms with Crippen LogP contribution in [0.4, 0.5) is 0 Å². The van der Waals surface area contributed by atoms with Crippen molar-refractivity contribution in [1.29, 1.82) is 5.26 Å². The fourth-order valence-electron chi connectivity index (χ4n) is 2.22. The number of hydrogen-bond donors (Lipinski definition) is 1. The summed E-state index contributed by atoms with van der Waals surface area (Å²) in [4.78, 5) is 0. The summed E-state index contributed by atoms with van der Waals surface area (Å²) >= 11 is 0. The molecule has 0 aromatic carbocycles. The second-order valence-corrected chi connectivity index (χ2v) is 4.98. The molecule has 1 N–H and O–H groups in total. The first-order valence-electron chi connectivity index (χ1n) is 6.45. The second-order valence-electron chi connectivity index (χ2n) is 4.98. The molecule has 0 spiro atoms. The number of nitriles is 1. The van der Waals surface area contributed by atoms with E-state index in [-0.39, 0.29) is 12.1 Å². The van der Waals surface area contributed by atoms with Gasteiger partial charge in [0.15, 0.2) is 0 Å². The van der Waals surface area contributed by atoms with Crippen LogP contribution in [0, 0.1) is 11.3 Å². The normalized spacial score (nSPS) is 26.8. The lowest BCUT2D eigenvalue weighted by molar-refractivity contribution is -0.0324. The third kappa shape index (κ3) is 5.49. The zero-order valence-corrected chi connectivity index (χ0v) is 11.1. The Morgan fingerprint density at radius 2 is 2.06 bits per heavy atom. The molecule has 4 nitrogen and oxygen atoms in total. The van der Waals surface area contributed by atoms with E-state index >= 15 is 0 Å². The summed E-state index contributed by atoms with van der Waals surface area (Å²) in [5, 5.41) is 12.2. The maximum absolute atomic E-state index is 8.99. The van der Waals surface area contributed by atoms with E-state index in [2.05, 4.69) is 11.4 Å². The molecule has 0 aromatic heterocycles. The summed E-state index contributed by atoms with van der Waals surface area (Å²) in [5.41, 5.74) is 0. The number of hydrogen-bond acceptors (Lipinski definition) is 4. The minimum atomic E-state index is -0.210. The first-order valence-corrected chi connectivity index (χ1v) is 6.45.